The number of rotatable bonds is 7. The largest absolute Gasteiger partial charge is 0.395 e. The first-order valence-corrected chi connectivity index (χ1v) is 7.41. The summed E-state index contributed by atoms with van der Waals surface area (Å²) >= 11 is 0. The van der Waals surface area contributed by atoms with Crippen LogP contribution in [0.1, 0.15) is 44.9 Å². The normalized spacial score (nSPS) is 21.2. The zero-order valence-electron chi connectivity index (χ0n) is 11.2. The van der Waals surface area contributed by atoms with Gasteiger partial charge in [-0.25, -0.2) is 0 Å². The van der Waals surface area contributed by atoms with E-state index in [0.29, 0.717) is 19.1 Å². The van der Waals surface area contributed by atoms with E-state index < -0.39 is 0 Å². The number of carbonyl (C=O) groups is 1. The Morgan fingerprint density at radius 1 is 1.17 bits per heavy atom. The molecule has 1 amide bonds. The quantitative estimate of drug-likeness (QED) is 0.716. The van der Waals surface area contributed by atoms with Crippen molar-refractivity contribution < 1.29 is 9.90 Å². The average molecular weight is 254 g/mol. The molecule has 2 saturated carbocycles. The van der Waals surface area contributed by atoms with E-state index >= 15 is 0 Å². The fourth-order valence-electron chi connectivity index (χ4n) is 2.79. The van der Waals surface area contributed by atoms with Gasteiger partial charge in [-0.15, -0.1) is 0 Å². The van der Waals surface area contributed by atoms with Crippen LogP contribution >= 0.6 is 0 Å². The molecule has 0 unspecified atom stereocenters. The van der Waals surface area contributed by atoms with Gasteiger partial charge in [-0.3, -0.25) is 9.69 Å². The summed E-state index contributed by atoms with van der Waals surface area (Å²) in [5.41, 5.74) is 0. The first-order valence-electron chi connectivity index (χ1n) is 7.41. The zero-order chi connectivity index (χ0) is 12.8. The van der Waals surface area contributed by atoms with E-state index in [-0.39, 0.29) is 12.5 Å². The molecule has 0 radical (unpaired) electrons. The fourth-order valence-corrected chi connectivity index (χ4v) is 2.79. The number of carbonyl (C=O) groups excluding carboxylic acids is 1. The number of amides is 1. The Morgan fingerprint density at radius 3 is 2.50 bits per heavy atom. The van der Waals surface area contributed by atoms with E-state index in [2.05, 4.69) is 10.2 Å². The SMILES string of the molecule is O=C(CN(CCO)C1CCCCC1)NCC1CC1. The molecule has 2 aliphatic rings. The molecule has 2 aliphatic carbocycles. The summed E-state index contributed by atoms with van der Waals surface area (Å²) in [6.07, 6.45) is 8.72. The Kier molecular flexibility index (Phi) is 5.45. The smallest absolute Gasteiger partial charge is 0.234 e. The van der Waals surface area contributed by atoms with Crippen molar-refractivity contribution in [1.29, 1.82) is 0 Å². The van der Waals surface area contributed by atoms with Crippen molar-refractivity contribution in [2.45, 2.75) is 51.0 Å². The van der Waals surface area contributed by atoms with Crippen LogP contribution in [0, 0.1) is 5.92 Å². The van der Waals surface area contributed by atoms with Crippen LogP contribution in [0.25, 0.3) is 0 Å². The molecule has 18 heavy (non-hydrogen) atoms. The van der Waals surface area contributed by atoms with Gasteiger partial charge in [0.25, 0.3) is 0 Å². The van der Waals surface area contributed by atoms with Crippen LogP contribution in [0.4, 0.5) is 0 Å². The van der Waals surface area contributed by atoms with E-state index in [1.807, 2.05) is 0 Å². The first kappa shape index (κ1) is 13.8. The Bertz CT molecular complexity index is 261. The highest BCUT2D eigenvalue weighted by Gasteiger charge is 2.24. The van der Waals surface area contributed by atoms with Crippen molar-refractivity contribution in [3.63, 3.8) is 0 Å². The molecule has 0 atom stereocenters. The molecule has 4 heteroatoms. The van der Waals surface area contributed by atoms with Crippen LogP contribution in [0.3, 0.4) is 0 Å². The summed E-state index contributed by atoms with van der Waals surface area (Å²) in [5.74, 6) is 0.857. The molecule has 0 aromatic rings. The summed E-state index contributed by atoms with van der Waals surface area (Å²) < 4.78 is 0. The second-order valence-corrected chi connectivity index (χ2v) is 5.73. The summed E-state index contributed by atoms with van der Waals surface area (Å²) in [5, 5.41) is 12.1. The van der Waals surface area contributed by atoms with Gasteiger partial charge in [0, 0.05) is 19.1 Å². The van der Waals surface area contributed by atoms with Crippen molar-refractivity contribution in [3.05, 3.63) is 0 Å². The molecule has 4 nitrogen and oxygen atoms in total. The number of aliphatic hydroxyl groups excluding tert-OH is 1. The van der Waals surface area contributed by atoms with Gasteiger partial charge in [-0.2, -0.15) is 0 Å². The molecular weight excluding hydrogens is 228 g/mol. The van der Waals surface area contributed by atoms with Gasteiger partial charge in [-0.1, -0.05) is 19.3 Å². The molecule has 2 fully saturated rings. The molecule has 0 aromatic carbocycles. The number of nitrogens with one attached hydrogen (secondary N) is 1. The lowest BCUT2D eigenvalue weighted by molar-refractivity contribution is -0.123. The number of aliphatic hydroxyl groups is 1. The molecule has 0 aromatic heterocycles. The topological polar surface area (TPSA) is 52.6 Å². The van der Waals surface area contributed by atoms with Crippen LogP contribution in [0.15, 0.2) is 0 Å². The minimum atomic E-state index is 0.126. The highest BCUT2D eigenvalue weighted by Crippen LogP contribution is 2.27. The maximum Gasteiger partial charge on any atom is 0.234 e. The lowest BCUT2D eigenvalue weighted by Gasteiger charge is -2.33. The number of nitrogens with zero attached hydrogens (tertiary/aromatic N) is 1. The Morgan fingerprint density at radius 2 is 1.89 bits per heavy atom. The van der Waals surface area contributed by atoms with Crippen LogP contribution in [-0.4, -0.2) is 48.2 Å². The minimum absolute atomic E-state index is 0.126. The fraction of sp³-hybridized carbons (Fsp3) is 0.929. The van der Waals surface area contributed by atoms with E-state index in [4.69, 9.17) is 5.11 Å². The Balaban J connectivity index is 1.74. The third-order valence-corrected chi connectivity index (χ3v) is 4.11. The van der Waals surface area contributed by atoms with Gasteiger partial charge in [0.2, 0.25) is 5.91 Å². The standard InChI is InChI=1S/C14H26N2O2/c17-9-8-16(13-4-2-1-3-5-13)11-14(18)15-10-12-6-7-12/h12-13,17H,1-11H2,(H,15,18). The van der Waals surface area contributed by atoms with Crippen LogP contribution < -0.4 is 5.32 Å². The lowest BCUT2D eigenvalue weighted by atomic mass is 9.94. The molecular formula is C14H26N2O2. The summed E-state index contributed by atoms with van der Waals surface area (Å²) in [7, 11) is 0. The van der Waals surface area contributed by atoms with E-state index in [1.165, 1.54) is 44.9 Å². The maximum atomic E-state index is 11.9. The van der Waals surface area contributed by atoms with Crippen molar-refractivity contribution >= 4 is 5.91 Å². The van der Waals surface area contributed by atoms with Crippen molar-refractivity contribution in [2.24, 2.45) is 5.92 Å². The molecule has 0 saturated heterocycles. The van der Waals surface area contributed by atoms with Gasteiger partial charge < -0.3 is 10.4 Å². The average Bonchev–Trinajstić information content (AvgIpc) is 3.21. The summed E-state index contributed by atoms with van der Waals surface area (Å²) in [6, 6.07) is 0.498. The van der Waals surface area contributed by atoms with E-state index in [9.17, 15) is 4.79 Å². The molecule has 0 aliphatic heterocycles. The molecule has 104 valence electrons. The van der Waals surface area contributed by atoms with Crippen molar-refractivity contribution in [1.82, 2.24) is 10.2 Å². The summed E-state index contributed by atoms with van der Waals surface area (Å²) in [6.45, 7) is 2.07. The predicted octanol–water partition coefficient (Wildman–Crippen LogP) is 1.14. The number of hydrogen-bond acceptors (Lipinski definition) is 3. The van der Waals surface area contributed by atoms with Gasteiger partial charge in [-0.05, 0) is 31.6 Å². The van der Waals surface area contributed by atoms with E-state index in [1.54, 1.807) is 0 Å². The highest BCUT2D eigenvalue weighted by molar-refractivity contribution is 5.78. The van der Waals surface area contributed by atoms with Crippen LogP contribution in [0.5, 0.6) is 0 Å². The van der Waals surface area contributed by atoms with E-state index in [0.717, 1.165) is 12.5 Å². The van der Waals surface area contributed by atoms with Gasteiger partial charge in [0.05, 0.1) is 13.2 Å². The van der Waals surface area contributed by atoms with Gasteiger partial charge >= 0.3 is 0 Å². The molecule has 2 rings (SSSR count). The third kappa shape index (κ3) is 4.58. The second-order valence-electron chi connectivity index (χ2n) is 5.73. The predicted molar refractivity (Wildman–Crippen MR) is 71.3 cm³/mol. The molecule has 2 N–H and O–H groups in total. The molecule has 0 heterocycles. The zero-order valence-corrected chi connectivity index (χ0v) is 11.2. The van der Waals surface area contributed by atoms with Crippen molar-refractivity contribution in [3.8, 4) is 0 Å². The first-order chi connectivity index (χ1) is 8.79. The maximum absolute atomic E-state index is 11.9. The molecule has 0 spiro atoms. The second kappa shape index (κ2) is 7.10. The molecule has 0 bridgehead atoms. The Labute approximate surface area is 110 Å². The monoisotopic (exact) mass is 254 g/mol. The Hall–Kier alpha value is -0.610. The van der Waals surface area contributed by atoms with Crippen molar-refractivity contribution in [2.75, 3.05) is 26.2 Å². The van der Waals surface area contributed by atoms with Crippen LogP contribution in [0.2, 0.25) is 0 Å². The minimum Gasteiger partial charge on any atom is -0.395 e. The van der Waals surface area contributed by atoms with Gasteiger partial charge in [0.1, 0.15) is 0 Å². The third-order valence-electron chi connectivity index (χ3n) is 4.11. The number of hydrogen-bond donors (Lipinski definition) is 2. The summed E-state index contributed by atoms with van der Waals surface area (Å²) in [4.78, 5) is 14.0. The van der Waals surface area contributed by atoms with Crippen LogP contribution in [-0.2, 0) is 4.79 Å². The van der Waals surface area contributed by atoms with Gasteiger partial charge in [0.15, 0.2) is 0 Å². The lowest BCUT2D eigenvalue weighted by Crippen LogP contribution is -2.45. The highest BCUT2D eigenvalue weighted by atomic mass is 16.3.